The van der Waals surface area contributed by atoms with Gasteiger partial charge in [-0.3, -0.25) is 14.5 Å². The fourth-order valence-electron chi connectivity index (χ4n) is 2.43. The van der Waals surface area contributed by atoms with Crippen molar-refractivity contribution in [1.29, 1.82) is 0 Å². The molecule has 132 valence electrons. The van der Waals surface area contributed by atoms with Gasteiger partial charge in [-0.15, -0.1) is 0 Å². The van der Waals surface area contributed by atoms with Crippen LogP contribution in [-0.4, -0.2) is 28.1 Å². The first kappa shape index (κ1) is 18.3. The van der Waals surface area contributed by atoms with Crippen LogP contribution in [0.25, 0.3) is 0 Å². The van der Waals surface area contributed by atoms with Crippen LogP contribution in [0.15, 0.2) is 65.1 Å². The second-order valence-corrected chi connectivity index (χ2v) is 7.31. The van der Waals surface area contributed by atoms with Crippen LogP contribution in [0, 0.1) is 5.82 Å². The summed E-state index contributed by atoms with van der Waals surface area (Å²) in [5.41, 5.74) is 1.69. The molecule has 1 N–H and O–H groups in total. The highest BCUT2D eigenvalue weighted by atomic mass is 32.2. The van der Waals surface area contributed by atoms with E-state index < -0.39 is 5.91 Å². The van der Waals surface area contributed by atoms with E-state index in [1.54, 1.807) is 7.05 Å². The van der Waals surface area contributed by atoms with Gasteiger partial charge in [0.15, 0.2) is 0 Å². The lowest BCUT2D eigenvalue weighted by atomic mass is 10.0. The SMILES string of the molecule is CN1C(=O)/C(=C(/Cc2ccccc2)C(=O)Nc2ccc(F)cc2)SC1=S. The van der Waals surface area contributed by atoms with Crippen LogP contribution in [-0.2, 0) is 16.0 Å². The number of nitrogens with zero attached hydrogens (tertiary/aromatic N) is 1. The molecular formula is C19H15FN2O2S2. The maximum absolute atomic E-state index is 13.1. The van der Waals surface area contributed by atoms with Gasteiger partial charge in [0.25, 0.3) is 11.8 Å². The molecule has 0 radical (unpaired) electrons. The van der Waals surface area contributed by atoms with Gasteiger partial charge in [0, 0.05) is 24.7 Å². The van der Waals surface area contributed by atoms with Crippen molar-refractivity contribution >= 4 is 45.8 Å². The van der Waals surface area contributed by atoms with Gasteiger partial charge in [0.1, 0.15) is 10.1 Å². The molecule has 4 nitrogen and oxygen atoms in total. The average Bonchev–Trinajstić information content (AvgIpc) is 2.89. The number of hydrogen-bond donors (Lipinski definition) is 1. The minimum Gasteiger partial charge on any atom is -0.322 e. The van der Waals surface area contributed by atoms with Gasteiger partial charge in [-0.05, 0) is 29.8 Å². The van der Waals surface area contributed by atoms with Gasteiger partial charge in [0.2, 0.25) is 0 Å². The van der Waals surface area contributed by atoms with Gasteiger partial charge < -0.3 is 5.32 Å². The molecule has 1 saturated heterocycles. The third kappa shape index (κ3) is 4.00. The Kier molecular flexibility index (Phi) is 5.49. The number of anilines is 1. The molecule has 3 rings (SSSR count). The van der Waals surface area contributed by atoms with Crippen molar-refractivity contribution in [3.8, 4) is 0 Å². The Morgan fingerprint density at radius 2 is 1.81 bits per heavy atom. The Morgan fingerprint density at radius 1 is 1.15 bits per heavy atom. The molecule has 1 heterocycles. The quantitative estimate of drug-likeness (QED) is 0.642. The molecule has 2 aromatic rings. The lowest BCUT2D eigenvalue weighted by molar-refractivity contribution is -0.122. The summed E-state index contributed by atoms with van der Waals surface area (Å²) >= 11 is 6.29. The Hall–Kier alpha value is -2.51. The van der Waals surface area contributed by atoms with Crippen molar-refractivity contribution in [2.45, 2.75) is 6.42 Å². The van der Waals surface area contributed by atoms with Gasteiger partial charge >= 0.3 is 0 Å². The largest absolute Gasteiger partial charge is 0.322 e. The maximum Gasteiger partial charge on any atom is 0.266 e. The number of thioether (sulfide) groups is 1. The van der Waals surface area contributed by atoms with Crippen molar-refractivity contribution in [3.05, 3.63) is 76.5 Å². The molecular weight excluding hydrogens is 371 g/mol. The highest BCUT2D eigenvalue weighted by Crippen LogP contribution is 2.34. The second kappa shape index (κ2) is 7.80. The van der Waals surface area contributed by atoms with Crippen molar-refractivity contribution in [1.82, 2.24) is 4.90 Å². The average molecular weight is 386 g/mol. The topological polar surface area (TPSA) is 49.4 Å². The molecule has 0 aliphatic carbocycles. The van der Waals surface area contributed by atoms with E-state index in [1.807, 2.05) is 30.3 Å². The van der Waals surface area contributed by atoms with Crippen molar-refractivity contribution < 1.29 is 14.0 Å². The van der Waals surface area contributed by atoms with E-state index in [0.29, 0.717) is 26.9 Å². The van der Waals surface area contributed by atoms with Crippen LogP contribution < -0.4 is 5.32 Å². The Bertz CT molecular complexity index is 896. The maximum atomic E-state index is 13.1. The van der Waals surface area contributed by atoms with Crippen molar-refractivity contribution in [2.75, 3.05) is 12.4 Å². The lowest BCUT2D eigenvalue weighted by Crippen LogP contribution is -2.25. The van der Waals surface area contributed by atoms with Crippen LogP contribution >= 0.6 is 24.0 Å². The second-order valence-electron chi connectivity index (χ2n) is 5.66. The highest BCUT2D eigenvalue weighted by molar-refractivity contribution is 8.26. The molecule has 0 aromatic heterocycles. The normalized spacial score (nSPS) is 16.0. The summed E-state index contributed by atoms with van der Waals surface area (Å²) in [6, 6.07) is 14.9. The molecule has 0 bridgehead atoms. The number of halogens is 1. The fourth-order valence-corrected chi connectivity index (χ4v) is 3.67. The molecule has 2 aromatic carbocycles. The van der Waals surface area contributed by atoms with Crippen molar-refractivity contribution in [3.63, 3.8) is 0 Å². The minimum atomic E-state index is -0.408. The molecule has 1 aliphatic heterocycles. The summed E-state index contributed by atoms with van der Waals surface area (Å²) < 4.78 is 13.5. The number of amides is 2. The number of hydrogen-bond acceptors (Lipinski definition) is 4. The first-order chi connectivity index (χ1) is 12.5. The number of benzene rings is 2. The molecule has 2 amide bonds. The zero-order valence-corrected chi connectivity index (χ0v) is 15.5. The molecule has 0 unspecified atom stereocenters. The Labute approximate surface area is 160 Å². The van der Waals surface area contributed by atoms with E-state index in [-0.39, 0.29) is 11.7 Å². The number of carbonyl (C=O) groups excluding carboxylic acids is 2. The van der Waals surface area contributed by atoms with Crippen LogP contribution in [0.3, 0.4) is 0 Å². The number of rotatable bonds is 4. The third-order valence-electron chi connectivity index (χ3n) is 3.84. The van der Waals surface area contributed by atoms with Gasteiger partial charge in [-0.1, -0.05) is 54.3 Å². The number of likely N-dealkylation sites (N-methyl/N-ethyl adjacent to an activating group) is 1. The predicted octanol–water partition coefficient (Wildman–Crippen LogP) is 3.75. The van der Waals surface area contributed by atoms with Gasteiger partial charge in [-0.2, -0.15) is 0 Å². The molecule has 0 saturated carbocycles. The van der Waals surface area contributed by atoms with Crippen LogP contribution in [0.4, 0.5) is 10.1 Å². The summed E-state index contributed by atoms with van der Waals surface area (Å²) in [4.78, 5) is 27.0. The van der Waals surface area contributed by atoms with E-state index in [2.05, 4.69) is 5.32 Å². The van der Waals surface area contributed by atoms with Crippen LogP contribution in [0.2, 0.25) is 0 Å². The van der Waals surface area contributed by atoms with E-state index in [9.17, 15) is 14.0 Å². The Morgan fingerprint density at radius 3 is 2.38 bits per heavy atom. The molecule has 0 spiro atoms. The fraction of sp³-hybridized carbons (Fsp3) is 0.105. The zero-order valence-electron chi connectivity index (χ0n) is 13.9. The van der Waals surface area contributed by atoms with Crippen LogP contribution in [0.5, 0.6) is 0 Å². The number of carbonyl (C=O) groups is 2. The summed E-state index contributed by atoms with van der Waals surface area (Å²) in [5, 5.41) is 2.73. The predicted molar refractivity (Wildman–Crippen MR) is 105 cm³/mol. The standard InChI is InChI=1S/C19H15FN2O2S2/c1-22-18(24)16(26-19(22)25)15(11-12-5-3-2-4-6-12)17(23)21-14-9-7-13(20)8-10-14/h2-10H,11H2,1H3,(H,21,23)/b16-15+. The molecule has 1 aliphatic rings. The summed E-state index contributed by atoms with van der Waals surface area (Å²) in [6.07, 6.45) is 0.290. The van der Waals surface area contributed by atoms with E-state index in [0.717, 1.165) is 17.3 Å². The summed E-state index contributed by atoms with van der Waals surface area (Å²) in [7, 11) is 1.59. The highest BCUT2D eigenvalue weighted by Gasteiger charge is 2.33. The molecule has 0 atom stereocenters. The van der Waals surface area contributed by atoms with Gasteiger partial charge in [0.05, 0.1) is 4.91 Å². The molecule has 7 heteroatoms. The summed E-state index contributed by atoms with van der Waals surface area (Å²) in [5.74, 6) is -1.09. The molecule has 1 fully saturated rings. The Balaban J connectivity index is 1.95. The monoisotopic (exact) mass is 386 g/mol. The number of nitrogens with one attached hydrogen (secondary N) is 1. The zero-order chi connectivity index (χ0) is 18.7. The first-order valence-electron chi connectivity index (χ1n) is 7.79. The smallest absolute Gasteiger partial charge is 0.266 e. The van der Waals surface area contributed by atoms with E-state index in [4.69, 9.17) is 12.2 Å². The minimum absolute atomic E-state index is 0.290. The number of thiocarbonyl (C=S) groups is 1. The molecule has 26 heavy (non-hydrogen) atoms. The lowest BCUT2D eigenvalue weighted by Gasteiger charge is -2.12. The first-order valence-corrected chi connectivity index (χ1v) is 9.02. The van der Waals surface area contributed by atoms with Crippen molar-refractivity contribution in [2.24, 2.45) is 0 Å². The van der Waals surface area contributed by atoms with Gasteiger partial charge in [-0.25, -0.2) is 4.39 Å². The summed E-state index contributed by atoms with van der Waals surface area (Å²) in [6.45, 7) is 0. The van der Waals surface area contributed by atoms with E-state index in [1.165, 1.54) is 29.2 Å². The third-order valence-corrected chi connectivity index (χ3v) is 5.43. The van der Waals surface area contributed by atoms with E-state index >= 15 is 0 Å². The van der Waals surface area contributed by atoms with Crippen LogP contribution in [0.1, 0.15) is 5.56 Å².